The molecule has 1 aliphatic heterocycles. The fourth-order valence-corrected chi connectivity index (χ4v) is 1.87. The van der Waals surface area contributed by atoms with Gasteiger partial charge in [0.25, 0.3) is 5.91 Å². The van der Waals surface area contributed by atoms with Gasteiger partial charge in [0.15, 0.2) is 11.6 Å². The Morgan fingerprint density at radius 2 is 2.41 bits per heavy atom. The average Bonchev–Trinajstić information content (AvgIpc) is 2.86. The molecule has 1 aromatic heterocycles. The summed E-state index contributed by atoms with van der Waals surface area (Å²) in [5.74, 6) is 3.02. The van der Waals surface area contributed by atoms with E-state index in [4.69, 9.17) is 10.8 Å². The molecule has 0 saturated carbocycles. The van der Waals surface area contributed by atoms with Crippen molar-refractivity contribution in [2.45, 2.75) is 18.8 Å². The van der Waals surface area contributed by atoms with Crippen molar-refractivity contribution < 1.29 is 9.21 Å². The third-order valence-corrected chi connectivity index (χ3v) is 2.79. The van der Waals surface area contributed by atoms with E-state index >= 15 is 0 Å². The Morgan fingerprint density at radius 1 is 1.65 bits per heavy atom. The third-order valence-electron chi connectivity index (χ3n) is 2.79. The zero-order valence-corrected chi connectivity index (χ0v) is 9.53. The molecule has 1 aliphatic rings. The van der Waals surface area contributed by atoms with E-state index in [1.165, 1.54) is 6.26 Å². The topological polar surface area (TPSA) is 67.2 Å². The minimum atomic E-state index is -0.285. The smallest absolute Gasteiger partial charge is 0.273 e. The highest BCUT2D eigenvalue weighted by atomic mass is 16.3. The van der Waals surface area contributed by atoms with Crippen LogP contribution in [0.15, 0.2) is 10.7 Å². The van der Waals surface area contributed by atoms with Crippen LogP contribution in [0, 0.1) is 12.3 Å². The molecule has 5 nitrogen and oxygen atoms in total. The van der Waals surface area contributed by atoms with Crippen LogP contribution in [0.5, 0.6) is 0 Å². The van der Waals surface area contributed by atoms with Gasteiger partial charge in [-0.2, -0.15) is 0 Å². The van der Waals surface area contributed by atoms with E-state index in [1.807, 2.05) is 0 Å². The van der Waals surface area contributed by atoms with Crippen LogP contribution < -0.4 is 10.6 Å². The summed E-state index contributed by atoms with van der Waals surface area (Å²) in [6, 6.07) is 0. The Morgan fingerprint density at radius 3 is 3.12 bits per heavy atom. The fourth-order valence-electron chi connectivity index (χ4n) is 1.87. The SMILES string of the molecule is C#CCNC(=O)c1coc(C2CCNCC2)n1. The van der Waals surface area contributed by atoms with Gasteiger partial charge in [-0.3, -0.25) is 4.79 Å². The molecule has 0 radical (unpaired) electrons. The molecule has 2 rings (SSSR count). The second kappa shape index (κ2) is 5.51. The van der Waals surface area contributed by atoms with E-state index < -0.39 is 0 Å². The van der Waals surface area contributed by atoms with Crippen LogP contribution >= 0.6 is 0 Å². The summed E-state index contributed by atoms with van der Waals surface area (Å²) >= 11 is 0. The van der Waals surface area contributed by atoms with Gasteiger partial charge in [0.2, 0.25) is 0 Å². The third kappa shape index (κ3) is 2.86. The lowest BCUT2D eigenvalue weighted by Crippen LogP contribution is -2.27. The molecule has 1 fully saturated rings. The molecule has 0 aromatic carbocycles. The molecule has 17 heavy (non-hydrogen) atoms. The number of carbonyl (C=O) groups excluding carboxylic acids is 1. The monoisotopic (exact) mass is 233 g/mol. The molecule has 1 saturated heterocycles. The van der Waals surface area contributed by atoms with E-state index in [0.29, 0.717) is 17.5 Å². The first kappa shape index (κ1) is 11.7. The molecule has 5 heteroatoms. The van der Waals surface area contributed by atoms with Crippen LogP contribution in [-0.2, 0) is 0 Å². The van der Waals surface area contributed by atoms with Gasteiger partial charge in [0, 0.05) is 5.92 Å². The standard InChI is InChI=1S/C12H15N3O2/c1-2-5-14-11(16)10-8-17-12(15-10)9-3-6-13-7-4-9/h1,8-9,13H,3-7H2,(H,14,16). The minimum Gasteiger partial charge on any atom is -0.448 e. The molecule has 0 unspecified atom stereocenters. The zero-order chi connectivity index (χ0) is 12.1. The number of carbonyl (C=O) groups is 1. The highest BCUT2D eigenvalue weighted by molar-refractivity contribution is 5.92. The van der Waals surface area contributed by atoms with Crippen molar-refractivity contribution in [3.8, 4) is 12.3 Å². The van der Waals surface area contributed by atoms with Crippen LogP contribution in [0.2, 0.25) is 0 Å². The Balaban J connectivity index is 2.00. The van der Waals surface area contributed by atoms with Crippen LogP contribution in [0.1, 0.15) is 35.1 Å². The quantitative estimate of drug-likeness (QED) is 0.746. The van der Waals surface area contributed by atoms with Crippen molar-refractivity contribution in [3.63, 3.8) is 0 Å². The number of hydrogen-bond acceptors (Lipinski definition) is 4. The minimum absolute atomic E-state index is 0.203. The summed E-state index contributed by atoms with van der Waals surface area (Å²) in [6.07, 6.45) is 8.44. The van der Waals surface area contributed by atoms with Crippen molar-refractivity contribution in [1.82, 2.24) is 15.6 Å². The Bertz CT molecular complexity index is 427. The van der Waals surface area contributed by atoms with E-state index in [9.17, 15) is 4.79 Å². The maximum atomic E-state index is 11.6. The predicted octanol–water partition coefficient (Wildman–Crippen LogP) is 0.505. The summed E-state index contributed by atoms with van der Waals surface area (Å²) in [6.45, 7) is 2.13. The van der Waals surface area contributed by atoms with Crippen LogP contribution in [0.4, 0.5) is 0 Å². The maximum absolute atomic E-state index is 11.6. The lowest BCUT2D eigenvalue weighted by molar-refractivity contribution is 0.0953. The number of terminal acetylenes is 1. The van der Waals surface area contributed by atoms with Gasteiger partial charge in [-0.05, 0) is 25.9 Å². The van der Waals surface area contributed by atoms with Gasteiger partial charge in [0.05, 0.1) is 6.54 Å². The highest BCUT2D eigenvalue weighted by Gasteiger charge is 2.21. The summed E-state index contributed by atoms with van der Waals surface area (Å²) in [4.78, 5) is 15.8. The van der Waals surface area contributed by atoms with Gasteiger partial charge in [-0.15, -0.1) is 6.42 Å². The molecule has 2 N–H and O–H groups in total. The molecule has 0 spiro atoms. The normalized spacial score (nSPS) is 16.4. The number of aromatic nitrogens is 1. The second-order valence-electron chi connectivity index (χ2n) is 3.98. The van der Waals surface area contributed by atoms with Gasteiger partial charge >= 0.3 is 0 Å². The molecule has 1 aromatic rings. The Hall–Kier alpha value is -1.80. The molecule has 2 heterocycles. The highest BCUT2D eigenvalue weighted by Crippen LogP contribution is 2.24. The van der Waals surface area contributed by atoms with Crippen molar-refractivity contribution in [3.05, 3.63) is 17.8 Å². The zero-order valence-electron chi connectivity index (χ0n) is 9.53. The van der Waals surface area contributed by atoms with Gasteiger partial charge < -0.3 is 15.1 Å². The molecule has 0 aliphatic carbocycles. The van der Waals surface area contributed by atoms with Gasteiger partial charge in [-0.25, -0.2) is 4.98 Å². The molecular weight excluding hydrogens is 218 g/mol. The maximum Gasteiger partial charge on any atom is 0.273 e. The molecular formula is C12H15N3O2. The number of rotatable bonds is 3. The molecule has 0 bridgehead atoms. The number of piperidine rings is 1. The average molecular weight is 233 g/mol. The molecule has 90 valence electrons. The van der Waals surface area contributed by atoms with E-state index in [0.717, 1.165) is 25.9 Å². The van der Waals surface area contributed by atoms with Crippen LogP contribution in [-0.4, -0.2) is 30.5 Å². The van der Waals surface area contributed by atoms with Gasteiger partial charge in [0.1, 0.15) is 6.26 Å². The number of oxazole rings is 1. The van der Waals surface area contributed by atoms with Crippen molar-refractivity contribution in [2.24, 2.45) is 0 Å². The van der Waals surface area contributed by atoms with E-state index in [-0.39, 0.29) is 12.5 Å². The number of amides is 1. The van der Waals surface area contributed by atoms with Crippen LogP contribution in [0.3, 0.4) is 0 Å². The number of nitrogens with one attached hydrogen (secondary N) is 2. The Labute approximate surface area is 100.0 Å². The van der Waals surface area contributed by atoms with Crippen molar-refractivity contribution in [2.75, 3.05) is 19.6 Å². The lowest BCUT2D eigenvalue weighted by Gasteiger charge is -2.19. The first-order valence-corrected chi connectivity index (χ1v) is 5.69. The summed E-state index contributed by atoms with van der Waals surface area (Å²) < 4.78 is 5.35. The molecule has 1 amide bonds. The fraction of sp³-hybridized carbons (Fsp3) is 0.500. The van der Waals surface area contributed by atoms with Gasteiger partial charge in [-0.1, -0.05) is 5.92 Å². The van der Waals surface area contributed by atoms with Crippen LogP contribution in [0.25, 0.3) is 0 Å². The van der Waals surface area contributed by atoms with E-state index in [1.54, 1.807) is 0 Å². The second-order valence-corrected chi connectivity index (χ2v) is 3.98. The summed E-state index contributed by atoms with van der Waals surface area (Å²) in [5, 5.41) is 5.83. The molecule has 0 atom stereocenters. The number of hydrogen-bond donors (Lipinski definition) is 2. The first-order valence-electron chi connectivity index (χ1n) is 5.69. The predicted molar refractivity (Wildman–Crippen MR) is 62.5 cm³/mol. The summed E-state index contributed by atoms with van der Waals surface area (Å²) in [5.41, 5.74) is 0.300. The van der Waals surface area contributed by atoms with Crippen molar-refractivity contribution in [1.29, 1.82) is 0 Å². The first-order chi connectivity index (χ1) is 8.31. The van der Waals surface area contributed by atoms with Crippen molar-refractivity contribution >= 4 is 5.91 Å². The Kier molecular flexibility index (Phi) is 3.78. The largest absolute Gasteiger partial charge is 0.448 e. The lowest BCUT2D eigenvalue weighted by atomic mass is 9.98. The van der Waals surface area contributed by atoms with E-state index in [2.05, 4.69) is 21.5 Å². The number of nitrogens with zero attached hydrogens (tertiary/aromatic N) is 1. The summed E-state index contributed by atoms with van der Waals surface area (Å²) in [7, 11) is 0.